The second-order valence-corrected chi connectivity index (χ2v) is 5.63. The summed E-state index contributed by atoms with van der Waals surface area (Å²) in [4.78, 5) is 0. The highest BCUT2D eigenvalue weighted by molar-refractivity contribution is 14.1. The summed E-state index contributed by atoms with van der Waals surface area (Å²) in [7, 11) is 1.51. The summed E-state index contributed by atoms with van der Waals surface area (Å²) in [6, 6.07) is -0.706. The molecule has 0 amide bonds. The fourth-order valence-electron chi connectivity index (χ4n) is 1.44. The topological polar surface area (TPSA) is 120 Å². The Labute approximate surface area is 120 Å². The predicted molar refractivity (Wildman–Crippen MR) is 70.5 cm³/mol. The van der Waals surface area contributed by atoms with Gasteiger partial charge in [0, 0.05) is 0 Å². The average molecular weight is 460 g/mol. The van der Waals surface area contributed by atoms with Crippen molar-refractivity contribution >= 4 is 53.4 Å². The van der Waals surface area contributed by atoms with Gasteiger partial charge in [-0.3, -0.25) is 0 Å². The van der Waals surface area contributed by atoms with Gasteiger partial charge >= 0.3 is 0 Å². The van der Waals surface area contributed by atoms with Gasteiger partial charge in [-0.1, -0.05) is 0 Å². The van der Waals surface area contributed by atoms with E-state index in [0.29, 0.717) is 0 Å². The smallest absolute Gasteiger partial charge is 0.275 e. The molecule has 0 radical (unpaired) electrons. The van der Waals surface area contributed by atoms with Crippen LogP contribution in [-0.2, 0) is 7.80 Å². The third-order valence-electron chi connectivity index (χ3n) is 2.44. The van der Waals surface area contributed by atoms with Crippen molar-refractivity contribution in [1.29, 1.82) is 0 Å². The first-order chi connectivity index (χ1) is 7.13. The van der Waals surface area contributed by atoms with E-state index in [4.69, 9.17) is 7.80 Å². The molecule has 0 aromatic rings. The van der Waals surface area contributed by atoms with Crippen LogP contribution in [0.1, 0.15) is 0 Å². The van der Waals surface area contributed by atoms with Crippen LogP contribution >= 0.6 is 45.6 Å². The SMILES string of the molecule is B[C@@H]1OC(C(O)(O)C(O)(O)I)[C@@H](OI)[C@H]1O. The lowest BCUT2D eigenvalue weighted by Gasteiger charge is -2.36. The monoisotopic (exact) mass is 460 g/mol. The molecule has 1 heterocycles. The van der Waals surface area contributed by atoms with E-state index >= 15 is 0 Å². The summed E-state index contributed by atoms with van der Waals surface area (Å²) in [5.74, 6) is -2.96. The number of alkyl halides is 1. The number of aliphatic hydroxyl groups excluding tert-OH is 1. The van der Waals surface area contributed by atoms with E-state index in [0.717, 1.165) is 22.6 Å². The summed E-state index contributed by atoms with van der Waals surface area (Å²) in [6.07, 6.45) is -3.63. The van der Waals surface area contributed by atoms with Crippen molar-refractivity contribution < 1.29 is 33.3 Å². The lowest BCUT2D eigenvalue weighted by Crippen LogP contribution is -2.61. The van der Waals surface area contributed by atoms with Crippen molar-refractivity contribution in [3.63, 3.8) is 0 Å². The summed E-state index contributed by atoms with van der Waals surface area (Å²) in [5.41, 5.74) is 0. The van der Waals surface area contributed by atoms with Crippen molar-refractivity contribution in [2.75, 3.05) is 0 Å². The van der Waals surface area contributed by atoms with E-state index in [1.54, 1.807) is 0 Å². The molecule has 4 atom stereocenters. The molecular formula is C6H11BI2O7. The second-order valence-electron chi connectivity index (χ2n) is 3.62. The molecule has 0 aromatic carbocycles. The molecule has 5 N–H and O–H groups in total. The van der Waals surface area contributed by atoms with Gasteiger partial charge in [-0.15, -0.1) is 0 Å². The third-order valence-corrected chi connectivity index (χ3v) is 3.83. The lowest BCUT2D eigenvalue weighted by molar-refractivity contribution is -0.342. The van der Waals surface area contributed by atoms with Crippen LogP contribution in [0.25, 0.3) is 0 Å². The zero-order chi connectivity index (χ0) is 12.7. The van der Waals surface area contributed by atoms with Crippen molar-refractivity contribution in [3.8, 4) is 0 Å². The van der Waals surface area contributed by atoms with E-state index in [9.17, 15) is 25.5 Å². The van der Waals surface area contributed by atoms with Gasteiger partial charge in [-0.05, 0) is 22.6 Å². The Kier molecular flexibility index (Phi) is 4.86. The number of ether oxygens (including phenoxy) is 1. The predicted octanol–water partition coefficient (Wildman–Crippen LogP) is -2.81. The quantitative estimate of drug-likeness (QED) is 0.134. The minimum Gasteiger partial charge on any atom is -0.388 e. The molecular weight excluding hydrogens is 449 g/mol. The van der Waals surface area contributed by atoms with Gasteiger partial charge < -0.3 is 33.3 Å². The van der Waals surface area contributed by atoms with E-state index < -0.39 is 33.9 Å². The molecule has 7 nitrogen and oxygen atoms in total. The van der Waals surface area contributed by atoms with Crippen LogP contribution in [0.4, 0.5) is 0 Å². The van der Waals surface area contributed by atoms with Crippen molar-refractivity contribution in [2.45, 2.75) is 33.9 Å². The molecule has 1 rings (SSSR count). The highest BCUT2D eigenvalue weighted by atomic mass is 127. The molecule has 10 heteroatoms. The molecule has 1 fully saturated rings. The third kappa shape index (κ3) is 2.64. The van der Waals surface area contributed by atoms with E-state index in [-0.39, 0.29) is 0 Å². The molecule has 16 heavy (non-hydrogen) atoms. The maximum Gasteiger partial charge on any atom is 0.275 e. The number of hydrogen-bond acceptors (Lipinski definition) is 7. The molecule has 0 bridgehead atoms. The fourth-order valence-corrected chi connectivity index (χ4v) is 2.31. The second kappa shape index (κ2) is 5.09. The minimum absolute atomic E-state index is 0.706. The molecule has 1 aliphatic heterocycles. The van der Waals surface area contributed by atoms with Crippen molar-refractivity contribution in [1.82, 2.24) is 0 Å². The van der Waals surface area contributed by atoms with Gasteiger partial charge in [0.05, 0.1) is 6.00 Å². The Balaban J connectivity index is 2.96. The van der Waals surface area contributed by atoms with Crippen LogP contribution in [0.3, 0.4) is 0 Å². The highest BCUT2D eigenvalue weighted by Crippen LogP contribution is 2.37. The van der Waals surface area contributed by atoms with E-state index in [1.807, 2.05) is 0 Å². The number of rotatable bonds is 3. The molecule has 1 unspecified atom stereocenters. The first-order valence-corrected chi connectivity index (χ1v) is 6.28. The Bertz CT molecular complexity index is 258. The Hall–Kier alpha value is 1.24. The summed E-state index contributed by atoms with van der Waals surface area (Å²) < 4.78 is 7.07. The van der Waals surface area contributed by atoms with Gasteiger partial charge in [0.15, 0.2) is 0 Å². The first-order valence-electron chi connectivity index (χ1n) is 4.32. The summed E-state index contributed by atoms with van der Waals surface area (Å²) >= 11 is 2.51. The van der Waals surface area contributed by atoms with Crippen LogP contribution < -0.4 is 0 Å². The lowest BCUT2D eigenvalue weighted by atomic mass is 9.92. The maximum absolute atomic E-state index is 9.62. The minimum atomic E-state index is -2.96. The average Bonchev–Trinajstić information content (AvgIpc) is 2.42. The molecule has 1 aliphatic rings. The summed E-state index contributed by atoms with van der Waals surface area (Å²) in [5, 5.41) is 47.3. The van der Waals surface area contributed by atoms with Crippen LogP contribution in [0.2, 0.25) is 0 Å². The van der Waals surface area contributed by atoms with E-state index in [1.165, 1.54) is 30.9 Å². The molecule has 0 spiro atoms. The molecule has 0 aliphatic carbocycles. The number of hydrogen-bond donors (Lipinski definition) is 5. The van der Waals surface area contributed by atoms with Crippen LogP contribution in [0.15, 0.2) is 0 Å². The Morgan fingerprint density at radius 2 is 1.75 bits per heavy atom. The fraction of sp³-hybridized carbons (Fsp3) is 1.00. The van der Waals surface area contributed by atoms with Gasteiger partial charge in [0.2, 0.25) is 0 Å². The largest absolute Gasteiger partial charge is 0.388 e. The first kappa shape index (κ1) is 15.3. The highest BCUT2D eigenvalue weighted by Gasteiger charge is 2.60. The standard InChI is InChI=1S/C6H11BI2O7/c7-4-1(10)2(16-9)3(15-4)5(11,12)6(8,13)14/h1-4,10-14H,7H2/t1-,2+,3?,4-/m1/s1. The normalized spacial score (nSPS) is 36.7. The van der Waals surface area contributed by atoms with Gasteiger partial charge in [-0.25, -0.2) is 0 Å². The molecule has 1 saturated heterocycles. The van der Waals surface area contributed by atoms with Crippen LogP contribution in [-0.4, -0.2) is 67.3 Å². The van der Waals surface area contributed by atoms with Gasteiger partial charge in [0.1, 0.15) is 49.2 Å². The van der Waals surface area contributed by atoms with Crippen molar-refractivity contribution in [3.05, 3.63) is 0 Å². The summed E-state index contributed by atoms with van der Waals surface area (Å²) in [6.45, 7) is 0. The zero-order valence-electron chi connectivity index (χ0n) is 8.12. The molecule has 94 valence electrons. The Morgan fingerprint density at radius 3 is 2.12 bits per heavy atom. The van der Waals surface area contributed by atoms with E-state index in [2.05, 4.69) is 0 Å². The van der Waals surface area contributed by atoms with Gasteiger partial charge in [0.25, 0.3) is 9.58 Å². The molecule has 0 aromatic heterocycles. The zero-order valence-corrected chi connectivity index (χ0v) is 12.4. The van der Waals surface area contributed by atoms with Crippen LogP contribution in [0, 0.1) is 0 Å². The van der Waals surface area contributed by atoms with Gasteiger partial charge in [-0.2, -0.15) is 0 Å². The maximum atomic E-state index is 9.62. The van der Waals surface area contributed by atoms with Crippen molar-refractivity contribution in [2.24, 2.45) is 0 Å². The molecule has 0 saturated carbocycles. The Morgan fingerprint density at radius 1 is 1.25 bits per heavy atom. The number of aliphatic hydroxyl groups is 5. The van der Waals surface area contributed by atoms with Crippen LogP contribution in [0.5, 0.6) is 0 Å². The number of halogens is 2.